The molecule has 2 rings (SSSR count). The van der Waals surface area contributed by atoms with Gasteiger partial charge in [0.15, 0.2) is 0 Å². The van der Waals surface area contributed by atoms with Crippen LogP contribution in [0.25, 0.3) is 0 Å². The number of hydrogen-bond acceptors (Lipinski definition) is 3. The summed E-state index contributed by atoms with van der Waals surface area (Å²) >= 11 is 0. The average Bonchev–Trinajstić information content (AvgIpc) is 2.41. The van der Waals surface area contributed by atoms with E-state index in [-0.39, 0.29) is 18.2 Å². The Kier molecular flexibility index (Phi) is 5.54. The Balaban J connectivity index is 2.09. The smallest absolute Gasteiger partial charge is 0.411 e. The second kappa shape index (κ2) is 7.03. The minimum absolute atomic E-state index is 0.0340. The fraction of sp³-hybridized carbons (Fsp3) is 0.833. The van der Waals surface area contributed by atoms with Gasteiger partial charge in [0.25, 0.3) is 0 Å². The van der Waals surface area contributed by atoms with Crippen molar-refractivity contribution in [3.63, 3.8) is 0 Å². The van der Waals surface area contributed by atoms with E-state index in [9.17, 15) is 4.79 Å². The van der Waals surface area contributed by atoms with E-state index in [0.29, 0.717) is 13.2 Å². The number of ether oxygens (including phenoxy) is 2. The number of morpholine rings is 1. The molecule has 0 aliphatic carbocycles. The molecule has 4 heteroatoms. The summed E-state index contributed by atoms with van der Waals surface area (Å²) in [5, 5.41) is 0. The highest BCUT2D eigenvalue weighted by atomic mass is 16.6. The highest BCUT2D eigenvalue weighted by Gasteiger charge is 2.39. The fourth-order valence-corrected chi connectivity index (χ4v) is 3.38. The van der Waals surface area contributed by atoms with E-state index in [0.717, 1.165) is 18.8 Å². The molecule has 0 aromatic rings. The summed E-state index contributed by atoms with van der Waals surface area (Å²) in [7, 11) is 0. The summed E-state index contributed by atoms with van der Waals surface area (Å²) in [6, 6.07) is 0.162. The number of carbonyl (C=O) groups excluding carboxylic acids is 1. The Hall–Kier alpha value is -1.03. The van der Waals surface area contributed by atoms with Crippen molar-refractivity contribution >= 4 is 6.09 Å². The zero-order valence-corrected chi connectivity index (χ0v) is 14.7. The number of nitrogens with zero attached hydrogens (tertiary/aromatic N) is 1. The maximum atomic E-state index is 12.5. The molecule has 126 valence electrons. The molecule has 2 unspecified atom stereocenters. The van der Waals surface area contributed by atoms with Crippen LogP contribution in [0.3, 0.4) is 0 Å². The number of amides is 1. The predicted octanol–water partition coefficient (Wildman–Crippen LogP) is 4.15. The largest absolute Gasteiger partial charge is 0.444 e. The molecule has 0 radical (unpaired) electrons. The van der Waals surface area contributed by atoms with Crippen molar-refractivity contribution in [1.29, 1.82) is 0 Å². The van der Waals surface area contributed by atoms with E-state index < -0.39 is 5.60 Å². The van der Waals surface area contributed by atoms with E-state index in [2.05, 4.69) is 19.9 Å². The van der Waals surface area contributed by atoms with Gasteiger partial charge in [-0.1, -0.05) is 38.3 Å². The quantitative estimate of drug-likeness (QED) is 0.732. The topological polar surface area (TPSA) is 38.8 Å². The summed E-state index contributed by atoms with van der Waals surface area (Å²) in [5.41, 5.74) is 1.04. The molecule has 1 fully saturated rings. The molecule has 2 atom stereocenters. The lowest BCUT2D eigenvalue weighted by molar-refractivity contribution is -0.0539. The van der Waals surface area contributed by atoms with E-state index in [1.165, 1.54) is 18.4 Å². The lowest BCUT2D eigenvalue weighted by atomic mass is 9.86. The number of rotatable bonds is 4. The molecular formula is C18H31NO3. The molecule has 4 nitrogen and oxygen atoms in total. The van der Waals surface area contributed by atoms with Crippen LogP contribution in [0, 0.1) is 5.92 Å². The van der Waals surface area contributed by atoms with E-state index in [4.69, 9.17) is 9.47 Å². The molecule has 1 amide bonds. The van der Waals surface area contributed by atoms with Gasteiger partial charge in [-0.15, -0.1) is 0 Å². The molecule has 2 bridgehead atoms. The van der Waals surface area contributed by atoms with Crippen LogP contribution in [0.5, 0.6) is 0 Å². The molecule has 0 aromatic carbocycles. The van der Waals surface area contributed by atoms with Gasteiger partial charge >= 0.3 is 6.09 Å². The van der Waals surface area contributed by atoms with Crippen LogP contribution in [0.4, 0.5) is 4.79 Å². The summed E-state index contributed by atoms with van der Waals surface area (Å²) in [5.74, 6) is 0.751. The van der Waals surface area contributed by atoms with Crippen molar-refractivity contribution in [1.82, 2.24) is 4.90 Å². The SMILES string of the molecule is CCC(CC)CC1=CC2COCC(C1)N2C(=O)OC(C)(C)C. The highest BCUT2D eigenvalue weighted by Crippen LogP contribution is 2.32. The molecule has 0 aromatic heterocycles. The predicted molar refractivity (Wildman–Crippen MR) is 87.9 cm³/mol. The van der Waals surface area contributed by atoms with E-state index >= 15 is 0 Å². The monoisotopic (exact) mass is 309 g/mol. The van der Waals surface area contributed by atoms with Gasteiger partial charge in [0.05, 0.1) is 25.3 Å². The number of hydrogen-bond donors (Lipinski definition) is 0. The molecule has 0 N–H and O–H groups in total. The third-order valence-electron chi connectivity index (χ3n) is 4.59. The fourth-order valence-electron chi connectivity index (χ4n) is 3.38. The summed E-state index contributed by atoms with van der Waals surface area (Å²) in [4.78, 5) is 14.4. The first-order valence-corrected chi connectivity index (χ1v) is 8.62. The van der Waals surface area contributed by atoms with Gasteiger partial charge in [-0.05, 0) is 39.5 Å². The first kappa shape index (κ1) is 17.3. The minimum Gasteiger partial charge on any atom is -0.444 e. The van der Waals surface area contributed by atoms with E-state index in [1.54, 1.807) is 0 Å². The maximum absolute atomic E-state index is 12.5. The third-order valence-corrected chi connectivity index (χ3v) is 4.59. The summed E-state index contributed by atoms with van der Waals surface area (Å²) in [6.45, 7) is 11.5. The van der Waals surface area contributed by atoms with Crippen LogP contribution in [-0.2, 0) is 9.47 Å². The van der Waals surface area contributed by atoms with Gasteiger partial charge in [-0.2, -0.15) is 0 Å². The Morgan fingerprint density at radius 2 is 2.05 bits per heavy atom. The zero-order chi connectivity index (χ0) is 16.3. The van der Waals surface area contributed by atoms with Crippen molar-refractivity contribution in [2.45, 2.75) is 78.0 Å². The van der Waals surface area contributed by atoms with Crippen molar-refractivity contribution in [2.24, 2.45) is 5.92 Å². The standard InChI is InChI=1S/C18H31NO3/c1-6-13(7-2)8-14-9-15-11-21-12-16(10-14)19(15)17(20)22-18(3,4)5/h9,13,15-16H,6-8,10-12H2,1-5H3. The molecule has 1 saturated heterocycles. The van der Waals surface area contributed by atoms with Crippen molar-refractivity contribution < 1.29 is 14.3 Å². The van der Waals surface area contributed by atoms with Crippen LogP contribution in [-0.4, -0.2) is 41.9 Å². The van der Waals surface area contributed by atoms with Gasteiger partial charge in [0.1, 0.15) is 5.60 Å². The number of carbonyl (C=O) groups is 1. The Morgan fingerprint density at radius 3 is 2.59 bits per heavy atom. The highest BCUT2D eigenvalue weighted by molar-refractivity contribution is 5.70. The van der Waals surface area contributed by atoms with Crippen LogP contribution >= 0.6 is 0 Å². The molecule has 0 saturated carbocycles. The van der Waals surface area contributed by atoms with Gasteiger partial charge in [0, 0.05) is 0 Å². The maximum Gasteiger partial charge on any atom is 0.411 e. The Bertz CT molecular complexity index is 421. The van der Waals surface area contributed by atoms with Gasteiger partial charge < -0.3 is 9.47 Å². The third kappa shape index (κ3) is 4.25. The first-order valence-electron chi connectivity index (χ1n) is 8.62. The molecule has 22 heavy (non-hydrogen) atoms. The van der Waals surface area contributed by atoms with Crippen molar-refractivity contribution in [3.05, 3.63) is 11.6 Å². The van der Waals surface area contributed by atoms with Crippen LogP contribution in [0.2, 0.25) is 0 Å². The molecular weight excluding hydrogens is 278 g/mol. The van der Waals surface area contributed by atoms with Crippen LogP contribution in [0.1, 0.15) is 60.3 Å². The molecule has 0 spiro atoms. The minimum atomic E-state index is -0.453. The first-order chi connectivity index (χ1) is 10.3. The number of fused-ring (bicyclic) bond motifs is 2. The van der Waals surface area contributed by atoms with Crippen LogP contribution < -0.4 is 0 Å². The molecule has 2 aliphatic heterocycles. The molecule has 2 heterocycles. The second-order valence-electron chi connectivity index (χ2n) is 7.56. The second-order valence-corrected chi connectivity index (χ2v) is 7.56. The lowest BCUT2D eigenvalue weighted by Crippen LogP contribution is -2.57. The van der Waals surface area contributed by atoms with Crippen LogP contribution in [0.15, 0.2) is 11.6 Å². The normalized spacial score (nSPS) is 25.2. The van der Waals surface area contributed by atoms with Crippen molar-refractivity contribution in [3.8, 4) is 0 Å². The molecule has 2 aliphatic rings. The average molecular weight is 309 g/mol. The van der Waals surface area contributed by atoms with Gasteiger partial charge in [-0.25, -0.2) is 4.79 Å². The summed E-state index contributed by atoms with van der Waals surface area (Å²) < 4.78 is 11.2. The van der Waals surface area contributed by atoms with E-state index in [1.807, 2.05) is 25.7 Å². The van der Waals surface area contributed by atoms with Gasteiger partial charge in [0.2, 0.25) is 0 Å². The van der Waals surface area contributed by atoms with Gasteiger partial charge in [-0.3, -0.25) is 4.90 Å². The Labute approximate surface area is 134 Å². The lowest BCUT2D eigenvalue weighted by Gasteiger charge is -2.45. The zero-order valence-electron chi connectivity index (χ0n) is 14.7. The Morgan fingerprint density at radius 1 is 1.36 bits per heavy atom. The van der Waals surface area contributed by atoms with Crippen molar-refractivity contribution in [2.75, 3.05) is 13.2 Å². The summed E-state index contributed by atoms with van der Waals surface area (Å²) in [6.07, 6.45) is 6.56.